The fraction of sp³-hybridized carbons (Fsp3) is 0.333. The molecule has 0 aliphatic carbocycles. The average Bonchev–Trinajstić information content (AvgIpc) is 3.55. The van der Waals surface area contributed by atoms with E-state index in [1.807, 2.05) is 30.7 Å². The minimum absolute atomic E-state index is 0.108. The summed E-state index contributed by atoms with van der Waals surface area (Å²) in [6, 6.07) is 8.34. The highest BCUT2D eigenvalue weighted by atomic mass is 32.2. The quantitative estimate of drug-likeness (QED) is 0.171. The van der Waals surface area contributed by atoms with Gasteiger partial charge in [-0.1, -0.05) is 0 Å². The Morgan fingerprint density at radius 1 is 1.20 bits per heavy atom. The number of halogens is 2. The summed E-state index contributed by atoms with van der Waals surface area (Å²) in [5.74, 6) is -3.86. The second kappa shape index (κ2) is 12.2. The molecule has 3 aromatic rings. The molecule has 1 unspecified atom stereocenters. The van der Waals surface area contributed by atoms with Crippen LogP contribution < -0.4 is 20.1 Å². The molecule has 3 heterocycles. The summed E-state index contributed by atoms with van der Waals surface area (Å²) >= 11 is 1.62. The van der Waals surface area contributed by atoms with Crippen LogP contribution in [-0.2, 0) is 9.53 Å². The molecule has 5 rings (SSSR count). The standard InChI is InChI=1S/C30H32F2N6O5S/c1-5-41-29(40)25-30(2,3)44-15-38(25)17-7-9-21(18(13-17)27-35-10-11-37(27)4)42-24-19(31)14-36-28(23(24)32)43-22-12-16(26(33)34)6-8-20(22)39/h6-9,12-14,25,39H,5,10-11,15H2,1-4H3,(H3,33,34). The number of hydrogen-bond donors (Lipinski definition) is 3. The smallest absolute Gasteiger partial charge is 0.330 e. The van der Waals surface area contributed by atoms with Crippen LogP contribution in [0.25, 0.3) is 0 Å². The normalized spacial score (nSPS) is 17.4. The van der Waals surface area contributed by atoms with Gasteiger partial charge in [-0.25, -0.2) is 14.2 Å². The number of carbonyl (C=O) groups is 1. The number of aliphatic imine (C=N–C) groups is 1. The van der Waals surface area contributed by atoms with Gasteiger partial charge in [-0.2, -0.15) is 4.39 Å². The molecule has 2 aliphatic rings. The zero-order valence-electron chi connectivity index (χ0n) is 24.6. The van der Waals surface area contributed by atoms with Crippen molar-refractivity contribution in [3.05, 3.63) is 65.4 Å². The summed E-state index contributed by atoms with van der Waals surface area (Å²) in [7, 11) is 1.85. The van der Waals surface area contributed by atoms with Crippen LogP contribution in [0.15, 0.2) is 47.6 Å². The van der Waals surface area contributed by atoms with Gasteiger partial charge in [-0.15, -0.1) is 11.8 Å². The number of nitrogens with zero attached hydrogens (tertiary/aromatic N) is 4. The van der Waals surface area contributed by atoms with Crippen LogP contribution in [0.2, 0.25) is 0 Å². The fourth-order valence-electron chi connectivity index (χ4n) is 4.98. The molecule has 0 saturated carbocycles. The van der Waals surface area contributed by atoms with Crippen LogP contribution >= 0.6 is 11.8 Å². The predicted octanol–water partition coefficient (Wildman–Crippen LogP) is 4.85. The Balaban J connectivity index is 1.53. The Labute approximate surface area is 257 Å². The van der Waals surface area contributed by atoms with E-state index in [0.29, 0.717) is 36.1 Å². The van der Waals surface area contributed by atoms with Crippen LogP contribution in [0.1, 0.15) is 31.9 Å². The first-order chi connectivity index (χ1) is 20.9. The molecule has 14 heteroatoms. The van der Waals surface area contributed by atoms with E-state index in [-0.39, 0.29) is 41.2 Å². The number of amidine groups is 2. The molecule has 11 nitrogen and oxygen atoms in total. The number of ether oxygens (including phenoxy) is 3. The summed E-state index contributed by atoms with van der Waals surface area (Å²) in [5.41, 5.74) is 6.87. The highest BCUT2D eigenvalue weighted by Gasteiger charge is 2.47. The molecule has 0 radical (unpaired) electrons. The van der Waals surface area contributed by atoms with Gasteiger partial charge < -0.3 is 34.9 Å². The topological polar surface area (TPSA) is 147 Å². The molecule has 2 aliphatic heterocycles. The number of nitrogens with two attached hydrogens (primary N) is 1. The Hall–Kier alpha value is -4.59. The molecule has 0 amide bonds. The molecule has 0 spiro atoms. The van der Waals surface area contributed by atoms with E-state index in [4.69, 9.17) is 25.4 Å². The third-order valence-electron chi connectivity index (χ3n) is 7.24. The molecule has 232 valence electrons. The number of aromatic nitrogens is 1. The minimum Gasteiger partial charge on any atom is -0.504 e. The minimum atomic E-state index is -1.26. The predicted molar refractivity (Wildman–Crippen MR) is 163 cm³/mol. The lowest BCUT2D eigenvalue weighted by molar-refractivity contribution is -0.145. The van der Waals surface area contributed by atoms with E-state index < -0.39 is 34.1 Å². The van der Waals surface area contributed by atoms with Gasteiger partial charge in [0.25, 0.3) is 5.88 Å². The summed E-state index contributed by atoms with van der Waals surface area (Å²) in [6.45, 7) is 7.13. The summed E-state index contributed by atoms with van der Waals surface area (Å²) in [6.07, 6.45) is 0.736. The molecule has 1 fully saturated rings. The van der Waals surface area contributed by atoms with E-state index in [1.165, 1.54) is 18.2 Å². The molecular weight excluding hydrogens is 594 g/mol. The SMILES string of the molecule is CCOC(=O)C1N(c2ccc(Oc3c(F)cnc(Oc4cc(C(=N)N)ccc4O)c3F)c(C3=NCCN3C)c2)CSC1(C)C. The first-order valence-electron chi connectivity index (χ1n) is 13.8. The van der Waals surface area contributed by atoms with Crippen molar-refractivity contribution in [2.24, 2.45) is 10.7 Å². The first-order valence-corrected chi connectivity index (χ1v) is 14.7. The van der Waals surface area contributed by atoms with Crippen molar-refractivity contribution in [2.75, 3.05) is 37.5 Å². The van der Waals surface area contributed by atoms with Crippen molar-refractivity contribution in [1.29, 1.82) is 5.41 Å². The maximum Gasteiger partial charge on any atom is 0.330 e. The van der Waals surface area contributed by atoms with E-state index in [2.05, 4.69) is 9.98 Å². The van der Waals surface area contributed by atoms with Crippen molar-refractivity contribution in [3.8, 4) is 28.9 Å². The van der Waals surface area contributed by atoms with E-state index in [1.54, 1.807) is 36.9 Å². The number of anilines is 1. The van der Waals surface area contributed by atoms with Gasteiger partial charge in [-0.3, -0.25) is 10.4 Å². The molecule has 4 N–H and O–H groups in total. The summed E-state index contributed by atoms with van der Waals surface area (Å²) in [4.78, 5) is 25.1. The molecule has 44 heavy (non-hydrogen) atoms. The van der Waals surface area contributed by atoms with Gasteiger partial charge >= 0.3 is 5.97 Å². The number of carbonyl (C=O) groups excluding carboxylic acids is 1. The zero-order valence-corrected chi connectivity index (χ0v) is 25.4. The van der Waals surface area contributed by atoms with E-state index >= 15 is 8.78 Å². The lowest BCUT2D eigenvalue weighted by Gasteiger charge is -2.31. The van der Waals surface area contributed by atoms with Crippen molar-refractivity contribution in [2.45, 2.75) is 31.6 Å². The van der Waals surface area contributed by atoms with Crippen molar-refractivity contribution < 1.29 is 32.9 Å². The zero-order chi connectivity index (χ0) is 31.8. The highest BCUT2D eigenvalue weighted by molar-refractivity contribution is 8.01. The highest BCUT2D eigenvalue weighted by Crippen LogP contribution is 2.44. The number of benzene rings is 2. The average molecular weight is 627 g/mol. The van der Waals surface area contributed by atoms with Gasteiger partial charge in [0.15, 0.2) is 17.3 Å². The van der Waals surface area contributed by atoms with Crippen molar-refractivity contribution in [1.82, 2.24) is 9.88 Å². The fourth-order valence-corrected chi connectivity index (χ4v) is 6.13. The Morgan fingerprint density at radius 3 is 2.66 bits per heavy atom. The van der Waals surface area contributed by atoms with Gasteiger partial charge in [0, 0.05) is 29.6 Å². The molecular formula is C30H32F2N6O5S. The van der Waals surface area contributed by atoms with Crippen LogP contribution in [0, 0.1) is 17.0 Å². The van der Waals surface area contributed by atoms with Crippen LogP contribution in [-0.4, -0.2) is 76.0 Å². The maximum atomic E-state index is 15.7. The number of nitrogens with one attached hydrogen (secondary N) is 1. The maximum absolute atomic E-state index is 15.7. The Bertz CT molecular complexity index is 1650. The van der Waals surface area contributed by atoms with Gasteiger partial charge in [0.2, 0.25) is 11.6 Å². The van der Waals surface area contributed by atoms with E-state index in [0.717, 1.165) is 6.20 Å². The number of hydrogen-bond acceptors (Lipinski definition) is 11. The monoisotopic (exact) mass is 626 g/mol. The van der Waals surface area contributed by atoms with E-state index in [9.17, 15) is 9.90 Å². The van der Waals surface area contributed by atoms with Gasteiger partial charge in [0.1, 0.15) is 23.5 Å². The largest absolute Gasteiger partial charge is 0.504 e. The Kier molecular flexibility index (Phi) is 8.55. The third kappa shape index (κ3) is 5.94. The number of thioether (sulfide) groups is 1. The molecule has 1 saturated heterocycles. The van der Waals surface area contributed by atoms with Crippen molar-refractivity contribution >= 4 is 35.1 Å². The van der Waals surface area contributed by atoms with Crippen molar-refractivity contribution in [3.63, 3.8) is 0 Å². The van der Waals surface area contributed by atoms with Crippen LogP contribution in [0.4, 0.5) is 14.5 Å². The number of rotatable bonds is 9. The molecule has 1 aromatic heterocycles. The molecule has 2 aromatic carbocycles. The van der Waals surface area contributed by atoms with Gasteiger partial charge in [-0.05, 0) is 57.2 Å². The Morgan fingerprint density at radius 2 is 1.98 bits per heavy atom. The lowest BCUT2D eigenvalue weighted by Crippen LogP contribution is -2.47. The first kappa shape index (κ1) is 30.9. The number of phenols is 1. The molecule has 1 atom stereocenters. The number of nitrogen functional groups attached to an aromatic ring is 1. The number of aromatic hydroxyl groups is 1. The number of phenolic OH excluding ortho intramolecular Hbond substituents is 1. The summed E-state index contributed by atoms with van der Waals surface area (Å²) < 4.78 is 47.0. The lowest BCUT2D eigenvalue weighted by atomic mass is 10.0. The number of likely N-dealkylation sites (N-methyl/N-ethyl adjacent to an activating group) is 1. The number of esters is 1. The number of pyridine rings is 1. The van der Waals surface area contributed by atoms with Gasteiger partial charge in [0.05, 0.1) is 30.8 Å². The summed E-state index contributed by atoms with van der Waals surface area (Å²) in [5, 5.41) is 17.8. The van der Waals surface area contributed by atoms with Crippen LogP contribution in [0.5, 0.6) is 28.9 Å². The third-order valence-corrected chi connectivity index (χ3v) is 8.61. The van der Waals surface area contributed by atoms with Crippen LogP contribution in [0.3, 0.4) is 0 Å². The second-order valence-corrected chi connectivity index (χ2v) is 12.3. The molecule has 0 bridgehead atoms. The second-order valence-electron chi connectivity index (χ2n) is 10.7.